The zero-order valence-corrected chi connectivity index (χ0v) is 15.9. The lowest BCUT2D eigenvalue weighted by atomic mass is 9.97. The second-order valence-corrected chi connectivity index (χ2v) is 7.13. The molecule has 0 amide bonds. The van der Waals surface area contributed by atoms with Gasteiger partial charge in [-0.1, -0.05) is 40.0 Å². The van der Waals surface area contributed by atoms with Gasteiger partial charge in [-0.3, -0.25) is 0 Å². The van der Waals surface area contributed by atoms with E-state index < -0.39 is 0 Å². The molecule has 1 unspecified atom stereocenters. The highest BCUT2D eigenvalue weighted by atomic mass is 127. The Bertz CT molecular complexity index is 209. The number of hydrogen-bond acceptors (Lipinski definition) is 0. The predicted octanol–water partition coefficient (Wildman–Crippen LogP) is 1.86. The summed E-state index contributed by atoms with van der Waals surface area (Å²) in [6, 6.07) is 0. The van der Waals surface area contributed by atoms with Crippen molar-refractivity contribution in [1.82, 2.24) is 0 Å². The number of rotatable bonds is 8. The first-order valence-electron chi connectivity index (χ1n) is 8.43. The van der Waals surface area contributed by atoms with Crippen LogP contribution in [0.2, 0.25) is 0 Å². The van der Waals surface area contributed by atoms with Crippen LogP contribution in [-0.2, 0) is 0 Å². The molecular weight excluding hydrogens is 345 g/mol. The minimum absolute atomic E-state index is 0. The quantitative estimate of drug-likeness (QED) is 0.342. The van der Waals surface area contributed by atoms with E-state index >= 15 is 0 Å². The zero-order valence-electron chi connectivity index (χ0n) is 13.8. The van der Waals surface area contributed by atoms with Gasteiger partial charge < -0.3 is 28.5 Å². The number of piperidine rings is 1. The Morgan fingerprint density at radius 3 is 2.00 bits per heavy atom. The molecule has 116 valence electrons. The molecule has 0 radical (unpaired) electrons. The fourth-order valence-electron chi connectivity index (χ4n) is 3.61. The Hall–Kier alpha value is 0.690. The van der Waals surface area contributed by atoms with Crippen molar-refractivity contribution >= 4 is 0 Å². The second kappa shape index (κ2) is 10.4. The molecule has 0 spiro atoms. The molecule has 0 bridgehead atoms. The van der Waals surface area contributed by atoms with Crippen LogP contribution in [-0.4, -0.2) is 30.7 Å². The average Bonchev–Trinajstić information content (AvgIpc) is 2.35. The van der Waals surface area contributed by atoms with Crippen LogP contribution < -0.4 is 24.0 Å². The smallest absolute Gasteiger partial charge is 0.0812 e. The van der Waals surface area contributed by atoms with E-state index in [1.165, 1.54) is 75.6 Å². The SMILES string of the molecule is CC[N+]1(CC(C)CCCCC(C)C)CCCCC1.[I-]. The van der Waals surface area contributed by atoms with Gasteiger partial charge in [0.15, 0.2) is 0 Å². The molecule has 1 aliphatic heterocycles. The molecule has 1 heterocycles. The van der Waals surface area contributed by atoms with Crippen LogP contribution in [0.25, 0.3) is 0 Å². The first kappa shape index (κ1) is 19.7. The summed E-state index contributed by atoms with van der Waals surface area (Å²) in [5.74, 6) is 1.81. The molecule has 0 aromatic carbocycles. The monoisotopic (exact) mass is 381 g/mol. The van der Waals surface area contributed by atoms with Gasteiger partial charge in [0.1, 0.15) is 0 Å². The van der Waals surface area contributed by atoms with Gasteiger partial charge in [-0.15, -0.1) is 0 Å². The van der Waals surface area contributed by atoms with Gasteiger partial charge in [-0.2, -0.15) is 0 Å². The molecule has 0 aromatic rings. The van der Waals surface area contributed by atoms with Gasteiger partial charge in [0.05, 0.1) is 26.2 Å². The summed E-state index contributed by atoms with van der Waals surface area (Å²) in [6.45, 7) is 15.3. The van der Waals surface area contributed by atoms with Crippen LogP contribution in [0.1, 0.15) is 72.6 Å². The molecule has 0 aromatic heterocycles. The molecule has 1 fully saturated rings. The minimum atomic E-state index is 0. The van der Waals surface area contributed by atoms with Crippen molar-refractivity contribution in [1.29, 1.82) is 0 Å². The Balaban J connectivity index is 0.00000324. The van der Waals surface area contributed by atoms with Crippen LogP contribution in [0.3, 0.4) is 0 Å². The lowest BCUT2D eigenvalue weighted by Crippen LogP contribution is -3.00. The summed E-state index contributed by atoms with van der Waals surface area (Å²) < 4.78 is 1.42. The lowest BCUT2D eigenvalue weighted by molar-refractivity contribution is -0.933. The maximum atomic E-state index is 2.49. The lowest BCUT2D eigenvalue weighted by Gasteiger charge is -2.42. The van der Waals surface area contributed by atoms with Crippen LogP contribution in [0, 0.1) is 11.8 Å². The summed E-state index contributed by atoms with van der Waals surface area (Å²) in [6.07, 6.45) is 10.2. The largest absolute Gasteiger partial charge is 1.00 e. The van der Waals surface area contributed by atoms with Crippen molar-refractivity contribution in [3.05, 3.63) is 0 Å². The first-order chi connectivity index (χ1) is 8.58. The van der Waals surface area contributed by atoms with Gasteiger partial charge >= 0.3 is 0 Å². The Labute approximate surface area is 139 Å². The molecular formula is C17H36IN. The van der Waals surface area contributed by atoms with Gasteiger partial charge in [-0.25, -0.2) is 0 Å². The van der Waals surface area contributed by atoms with Gasteiger partial charge in [0, 0.05) is 5.92 Å². The van der Waals surface area contributed by atoms with Gasteiger partial charge in [-0.05, 0) is 38.5 Å². The highest BCUT2D eigenvalue weighted by molar-refractivity contribution is 4.59. The van der Waals surface area contributed by atoms with E-state index in [4.69, 9.17) is 0 Å². The number of unbranched alkanes of at least 4 members (excludes halogenated alkanes) is 1. The third-order valence-corrected chi connectivity index (χ3v) is 4.86. The van der Waals surface area contributed by atoms with Crippen LogP contribution in [0.5, 0.6) is 0 Å². The van der Waals surface area contributed by atoms with E-state index in [0.29, 0.717) is 0 Å². The molecule has 2 heteroatoms. The Kier molecular flexibility index (Phi) is 10.8. The topological polar surface area (TPSA) is 0 Å². The van der Waals surface area contributed by atoms with Crippen LogP contribution in [0.4, 0.5) is 0 Å². The fourth-order valence-corrected chi connectivity index (χ4v) is 3.61. The summed E-state index contributed by atoms with van der Waals surface area (Å²) in [5.41, 5.74) is 0. The van der Waals surface area contributed by atoms with Gasteiger partial charge in [0.25, 0.3) is 0 Å². The highest BCUT2D eigenvalue weighted by Gasteiger charge is 2.29. The third kappa shape index (κ3) is 7.89. The van der Waals surface area contributed by atoms with Crippen LogP contribution >= 0.6 is 0 Å². The summed E-state index contributed by atoms with van der Waals surface area (Å²) in [5, 5.41) is 0. The standard InChI is InChI=1S/C17H36N.HI/c1-5-18(13-9-6-10-14-18)15-17(4)12-8-7-11-16(2)3;/h16-17H,5-15H2,1-4H3;1H/q+1;/p-1. The number of quaternary nitrogens is 1. The maximum absolute atomic E-state index is 2.49. The predicted molar refractivity (Wildman–Crippen MR) is 81.7 cm³/mol. The summed E-state index contributed by atoms with van der Waals surface area (Å²) in [7, 11) is 0. The van der Waals surface area contributed by atoms with Crippen molar-refractivity contribution in [3.8, 4) is 0 Å². The molecule has 0 N–H and O–H groups in total. The molecule has 1 aliphatic rings. The van der Waals surface area contributed by atoms with Crippen LogP contribution in [0.15, 0.2) is 0 Å². The van der Waals surface area contributed by atoms with Gasteiger partial charge in [0.2, 0.25) is 0 Å². The van der Waals surface area contributed by atoms with E-state index in [9.17, 15) is 0 Å². The Morgan fingerprint density at radius 1 is 0.895 bits per heavy atom. The van der Waals surface area contributed by atoms with Crippen molar-refractivity contribution in [2.75, 3.05) is 26.2 Å². The Morgan fingerprint density at radius 2 is 1.47 bits per heavy atom. The first-order valence-corrected chi connectivity index (χ1v) is 8.43. The molecule has 1 atom stereocenters. The molecule has 1 saturated heterocycles. The molecule has 1 nitrogen and oxygen atoms in total. The fraction of sp³-hybridized carbons (Fsp3) is 1.00. The number of nitrogens with zero attached hydrogens (tertiary/aromatic N) is 1. The second-order valence-electron chi connectivity index (χ2n) is 7.13. The third-order valence-electron chi connectivity index (χ3n) is 4.86. The minimum Gasteiger partial charge on any atom is -1.00 e. The normalized spacial score (nSPS) is 20.1. The highest BCUT2D eigenvalue weighted by Crippen LogP contribution is 2.23. The molecule has 19 heavy (non-hydrogen) atoms. The summed E-state index contributed by atoms with van der Waals surface area (Å²) in [4.78, 5) is 0. The van der Waals surface area contributed by atoms with Crippen molar-refractivity contribution in [2.24, 2.45) is 11.8 Å². The van der Waals surface area contributed by atoms with E-state index in [2.05, 4.69) is 27.7 Å². The maximum Gasteiger partial charge on any atom is 0.0812 e. The molecule has 1 rings (SSSR count). The van der Waals surface area contributed by atoms with E-state index in [-0.39, 0.29) is 24.0 Å². The number of halogens is 1. The van der Waals surface area contributed by atoms with E-state index in [0.717, 1.165) is 11.8 Å². The molecule has 0 aliphatic carbocycles. The van der Waals surface area contributed by atoms with E-state index in [1.807, 2.05) is 0 Å². The number of hydrogen-bond donors (Lipinski definition) is 0. The zero-order chi connectivity index (χ0) is 13.4. The summed E-state index contributed by atoms with van der Waals surface area (Å²) >= 11 is 0. The van der Waals surface area contributed by atoms with Crippen molar-refractivity contribution < 1.29 is 28.5 Å². The van der Waals surface area contributed by atoms with Crippen molar-refractivity contribution in [2.45, 2.75) is 72.6 Å². The number of likely N-dealkylation sites (tertiary alicyclic amines) is 1. The van der Waals surface area contributed by atoms with E-state index in [1.54, 1.807) is 0 Å². The van der Waals surface area contributed by atoms with Crippen molar-refractivity contribution in [3.63, 3.8) is 0 Å². The molecule has 0 saturated carbocycles. The average molecular weight is 381 g/mol.